The molecule has 1 atom stereocenters. The highest BCUT2D eigenvalue weighted by atomic mass is 16.5. The molecule has 0 aromatic heterocycles. The van der Waals surface area contributed by atoms with Crippen LogP contribution in [0.1, 0.15) is 28.4 Å². The van der Waals surface area contributed by atoms with Crippen molar-refractivity contribution in [3.63, 3.8) is 0 Å². The molecule has 2 aromatic rings. The van der Waals surface area contributed by atoms with Gasteiger partial charge in [-0.25, -0.2) is 0 Å². The van der Waals surface area contributed by atoms with Crippen LogP contribution in [0, 0.1) is 6.92 Å². The first-order valence-electron chi connectivity index (χ1n) is 7.81. The number of ether oxygens (including phenoxy) is 1. The third-order valence-electron chi connectivity index (χ3n) is 4.45. The number of benzene rings is 2. The third-order valence-corrected chi connectivity index (χ3v) is 4.45. The minimum atomic E-state index is -0.600. The molecule has 4 heteroatoms. The molecule has 4 nitrogen and oxygen atoms in total. The van der Waals surface area contributed by atoms with Crippen LogP contribution in [0.15, 0.2) is 48.5 Å². The second-order valence-corrected chi connectivity index (χ2v) is 6.06. The molecular weight excluding hydrogens is 288 g/mol. The van der Waals surface area contributed by atoms with E-state index in [4.69, 9.17) is 4.74 Å². The molecule has 3 rings (SSSR count). The number of methoxy groups -OCH3 is 1. The highest BCUT2D eigenvalue weighted by Gasteiger charge is 2.42. The first kappa shape index (κ1) is 15.6. The van der Waals surface area contributed by atoms with E-state index in [1.165, 1.54) is 5.56 Å². The minimum absolute atomic E-state index is 0.0273. The average Bonchev–Trinajstić information content (AvgIpc) is 2.55. The molecular formula is C19H22N2O2. The molecule has 0 aliphatic carbocycles. The van der Waals surface area contributed by atoms with Crippen molar-refractivity contribution < 1.29 is 9.53 Å². The molecule has 1 unspecified atom stereocenters. The van der Waals surface area contributed by atoms with Crippen LogP contribution in [0.4, 0.5) is 5.69 Å². The Labute approximate surface area is 137 Å². The molecule has 1 aliphatic rings. The number of hydrogen-bond acceptors (Lipinski definition) is 3. The van der Waals surface area contributed by atoms with Crippen LogP contribution in [0.5, 0.6) is 0 Å². The lowest BCUT2D eigenvalue weighted by Crippen LogP contribution is -2.56. The van der Waals surface area contributed by atoms with Gasteiger partial charge in [-0.1, -0.05) is 42.0 Å². The summed E-state index contributed by atoms with van der Waals surface area (Å²) in [6, 6.07) is 15.9. The summed E-state index contributed by atoms with van der Waals surface area (Å²) in [5, 5.41) is 3.55. The number of carbonyl (C=O) groups excluding carboxylic acids is 1. The number of para-hydroxylation sites is 1. The molecule has 1 amide bonds. The molecule has 0 saturated heterocycles. The number of nitrogens with one attached hydrogen (secondary N) is 1. The van der Waals surface area contributed by atoms with Gasteiger partial charge in [0.15, 0.2) is 0 Å². The van der Waals surface area contributed by atoms with Gasteiger partial charge in [0.2, 0.25) is 0 Å². The van der Waals surface area contributed by atoms with Gasteiger partial charge in [0.05, 0.1) is 12.2 Å². The topological polar surface area (TPSA) is 41.6 Å². The SMILES string of the molecule is COCCN1C(=O)c2ccccc2NC1(C)c1ccc(C)cc1. The Morgan fingerprint density at radius 2 is 1.83 bits per heavy atom. The van der Waals surface area contributed by atoms with Crippen molar-refractivity contribution in [2.75, 3.05) is 25.6 Å². The van der Waals surface area contributed by atoms with E-state index in [2.05, 4.69) is 36.5 Å². The Bertz CT molecular complexity index is 712. The van der Waals surface area contributed by atoms with E-state index >= 15 is 0 Å². The predicted molar refractivity (Wildman–Crippen MR) is 91.5 cm³/mol. The number of carbonyl (C=O) groups is 1. The summed E-state index contributed by atoms with van der Waals surface area (Å²) < 4.78 is 5.21. The van der Waals surface area contributed by atoms with Gasteiger partial charge in [0.1, 0.15) is 5.66 Å². The van der Waals surface area contributed by atoms with Gasteiger partial charge in [-0.3, -0.25) is 4.79 Å². The number of aryl methyl sites for hydroxylation is 1. The highest BCUT2D eigenvalue weighted by Crippen LogP contribution is 2.37. The van der Waals surface area contributed by atoms with Crippen molar-refractivity contribution in [3.05, 3.63) is 65.2 Å². The van der Waals surface area contributed by atoms with E-state index < -0.39 is 5.66 Å². The van der Waals surface area contributed by atoms with Gasteiger partial charge in [-0.2, -0.15) is 0 Å². The summed E-state index contributed by atoms with van der Waals surface area (Å²) in [4.78, 5) is 14.9. The molecule has 0 fully saturated rings. The first-order valence-corrected chi connectivity index (χ1v) is 7.81. The van der Waals surface area contributed by atoms with Gasteiger partial charge in [0, 0.05) is 19.3 Å². The van der Waals surface area contributed by atoms with E-state index in [9.17, 15) is 4.79 Å². The van der Waals surface area contributed by atoms with Gasteiger partial charge in [0.25, 0.3) is 5.91 Å². The summed E-state index contributed by atoms with van der Waals surface area (Å²) in [5.74, 6) is 0.0273. The summed E-state index contributed by atoms with van der Waals surface area (Å²) >= 11 is 0. The number of amides is 1. The van der Waals surface area contributed by atoms with Crippen molar-refractivity contribution in [2.24, 2.45) is 0 Å². The molecule has 0 bridgehead atoms. The van der Waals surface area contributed by atoms with Crippen molar-refractivity contribution in [1.82, 2.24) is 4.90 Å². The summed E-state index contributed by atoms with van der Waals surface area (Å²) in [5.41, 5.74) is 3.23. The second kappa shape index (κ2) is 6.05. The van der Waals surface area contributed by atoms with Gasteiger partial charge < -0.3 is 15.0 Å². The normalized spacial score (nSPS) is 20.1. The third kappa shape index (κ3) is 2.70. The molecule has 1 N–H and O–H groups in total. The van der Waals surface area contributed by atoms with Crippen molar-refractivity contribution in [1.29, 1.82) is 0 Å². The number of nitrogens with zero attached hydrogens (tertiary/aromatic N) is 1. The van der Waals surface area contributed by atoms with E-state index in [0.29, 0.717) is 18.7 Å². The van der Waals surface area contributed by atoms with Gasteiger partial charge in [-0.05, 0) is 31.5 Å². The number of fused-ring (bicyclic) bond motifs is 1. The summed E-state index contributed by atoms with van der Waals surface area (Å²) in [6.45, 7) is 5.13. The predicted octanol–water partition coefficient (Wildman–Crippen LogP) is 3.38. The zero-order valence-corrected chi connectivity index (χ0v) is 13.8. The Hall–Kier alpha value is -2.33. The van der Waals surface area contributed by atoms with Gasteiger partial charge >= 0.3 is 0 Å². The fourth-order valence-corrected chi connectivity index (χ4v) is 3.07. The molecule has 120 valence electrons. The second-order valence-electron chi connectivity index (χ2n) is 6.06. The lowest BCUT2D eigenvalue weighted by molar-refractivity contribution is 0.0438. The Balaban J connectivity index is 2.08. The van der Waals surface area contributed by atoms with Crippen LogP contribution in [-0.2, 0) is 10.4 Å². The summed E-state index contributed by atoms with van der Waals surface area (Å²) in [7, 11) is 1.65. The van der Waals surface area contributed by atoms with E-state index in [0.717, 1.165) is 11.3 Å². The minimum Gasteiger partial charge on any atom is -0.383 e. The number of hydrogen-bond donors (Lipinski definition) is 1. The fourth-order valence-electron chi connectivity index (χ4n) is 3.07. The van der Waals surface area contributed by atoms with Crippen LogP contribution in [0.3, 0.4) is 0 Å². The maximum absolute atomic E-state index is 13.0. The number of anilines is 1. The molecule has 2 aromatic carbocycles. The van der Waals surface area contributed by atoms with Crippen molar-refractivity contribution >= 4 is 11.6 Å². The molecule has 1 aliphatic heterocycles. The largest absolute Gasteiger partial charge is 0.383 e. The Kier molecular flexibility index (Phi) is 4.09. The van der Waals surface area contributed by atoms with Crippen LogP contribution < -0.4 is 5.32 Å². The Morgan fingerprint density at radius 3 is 2.52 bits per heavy atom. The van der Waals surface area contributed by atoms with Crippen LogP contribution >= 0.6 is 0 Å². The maximum atomic E-state index is 13.0. The smallest absolute Gasteiger partial charge is 0.258 e. The lowest BCUT2D eigenvalue weighted by Gasteiger charge is -2.46. The zero-order chi connectivity index (χ0) is 16.4. The molecule has 0 spiro atoms. The van der Waals surface area contributed by atoms with Crippen LogP contribution in [0.2, 0.25) is 0 Å². The van der Waals surface area contributed by atoms with Crippen molar-refractivity contribution in [3.8, 4) is 0 Å². The first-order chi connectivity index (χ1) is 11.1. The van der Waals surface area contributed by atoms with E-state index in [1.807, 2.05) is 36.1 Å². The van der Waals surface area contributed by atoms with E-state index in [-0.39, 0.29) is 5.91 Å². The lowest BCUT2D eigenvalue weighted by atomic mass is 9.93. The summed E-state index contributed by atoms with van der Waals surface area (Å²) in [6.07, 6.45) is 0. The quantitative estimate of drug-likeness (QED) is 0.941. The van der Waals surface area contributed by atoms with Gasteiger partial charge in [-0.15, -0.1) is 0 Å². The molecule has 1 heterocycles. The highest BCUT2D eigenvalue weighted by molar-refractivity contribution is 6.02. The molecule has 0 saturated carbocycles. The maximum Gasteiger partial charge on any atom is 0.258 e. The zero-order valence-electron chi connectivity index (χ0n) is 13.8. The molecule has 0 radical (unpaired) electrons. The monoisotopic (exact) mass is 310 g/mol. The van der Waals surface area contributed by atoms with Crippen LogP contribution in [0.25, 0.3) is 0 Å². The number of rotatable bonds is 4. The standard InChI is InChI=1S/C19H22N2O2/c1-14-8-10-15(11-9-14)19(2)20-17-7-5-4-6-16(17)18(22)21(19)12-13-23-3/h4-11,20H,12-13H2,1-3H3. The van der Waals surface area contributed by atoms with Crippen LogP contribution in [-0.4, -0.2) is 31.1 Å². The molecule has 23 heavy (non-hydrogen) atoms. The fraction of sp³-hybridized carbons (Fsp3) is 0.316. The van der Waals surface area contributed by atoms with Crippen molar-refractivity contribution in [2.45, 2.75) is 19.5 Å². The van der Waals surface area contributed by atoms with E-state index in [1.54, 1.807) is 7.11 Å². The Morgan fingerprint density at radius 1 is 1.13 bits per heavy atom. The average molecular weight is 310 g/mol.